The van der Waals surface area contributed by atoms with Crippen molar-refractivity contribution in [2.45, 2.75) is 30.9 Å². The van der Waals surface area contributed by atoms with Crippen LogP contribution in [0.3, 0.4) is 0 Å². The first kappa shape index (κ1) is 31.8. The molecule has 0 radical (unpaired) electrons. The number of aliphatic imine (C=N–C) groups is 1. The molecule has 0 aromatic heterocycles. The van der Waals surface area contributed by atoms with E-state index in [1.165, 1.54) is 0 Å². The van der Waals surface area contributed by atoms with Crippen LogP contribution < -0.4 is 15.6 Å². The van der Waals surface area contributed by atoms with E-state index >= 15 is 0 Å². The highest BCUT2D eigenvalue weighted by Gasteiger charge is 2.54. The molecule has 0 aliphatic carbocycles. The Morgan fingerprint density at radius 3 is 2.34 bits per heavy atom. The fourth-order valence-corrected chi connectivity index (χ4v) is 5.62. The molecule has 1 aliphatic heterocycles. The van der Waals surface area contributed by atoms with E-state index in [1.807, 2.05) is 66.7 Å². The van der Waals surface area contributed by atoms with Gasteiger partial charge in [-0.25, -0.2) is 10.4 Å². The van der Waals surface area contributed by atoms with Gasteiger partial charge >= 0.3 is 0 Å². The number of hydrazine groups is 1. The predicted molar refractivity (Wildman–Crippen MR) is 175 cm³/mol. The molecular formula is C34H32Cl3N3O4. The molecule has 44 heavy (non-hydrogen) atoms. The van der Waals surface area contributed by atoms with E-state index in [1.54, 1.807) is 30.3 Å². The number of hydrogen-bond donors (Lipinski definition) is 3. The van der Waals surface area contributed by atoms with Crippen LogP contribution >= 0.6 is 34.8 Å². The van der Waals surface area contributed by atoms with Gasteiger partial charge in [0.2, 0.25) is 5.90 Å². The summed E-state index contributed by atoms with van der Waals surface area (Å²) in [7, 11) is 0. The molecule has 7 nitrogen and oxygen atoms in total. The van der Waals surface area contributed by atoms with Gasteiger partial charge in [-0.15, -0.1) is 0 Å². The van der Waals surface area contributed by atoms with Crippen LogP contribution in [0.1, 0.15) is 34.8 Å². The molecule has 0 unspecified atom stereocenters. The number of halogens is 3. The molecule has 4 aromatic rings. The first-order chi connectivity index (χ1) is 21.4. The number of aliphatic hydroxyl groups excluding tert-OH is 1. The number of ether oxygens (including phenoxy) is 2. The monoisotopic (exact) mass is 651 g/mol. The third-order valence-corrected chi connectivity index (χ3v) is 8.06. The summed E-state index contributed by atoms with van der Waals surface area (Å²) in [6, 6.07) is 29.6. The van der Waals surface area contributed by atoms with E-state index < -0.39 is 11.6 Å². The molecule has 0 saturated heterocycles. The lowest BCUT2D eigenvalue weighted by Crippen LogP contribution is -2.54. The minimum Gasteiger partial charge on any atom is -0.494 e. The van der Waals surface area contributed by atoms with Gasteiger partial charge in [-0.3, -0.25) is 10.2 Å². The van der Waals surface area contributed by atoms with Gasteiger partial charge in [-0.2, -0.15) is 0 Å². The average molecular weight is 653 g/mol. The standard InChI is InChI=1S/C34H32Cl3N3O4/c35-26-11-7-23(8-12-26)17-18-38-40-33(42)34(22-24-5-2-1-3-6-24)31(29-16-13-27(36)21-30(29)37)44-32(39-34)25-9-14-28(15-10-25)43-20-4-19-41/h1-3,5-16,21,31,38,41H,4,17-20,22H2,(H,40,42)/t31-,34-/m0/s1. The first-order valence-electron chi connectivity index (χ1n) is 14.3. The van der Waals surface area contributed by atoms with Crippen LogP contribution in [0.25, 0.3) is 0 Å². The Kier molecular flexibility index (Phi) is 10.8. The molecule has 0 spiro atoms. The summed E-state index contributed by atoms with van der Waals surface area (Å²) < 4.78 is 12.2. The Morgan fingerprint density at radius 2 is 1.64 bits per heavy atom. The third-order valence-electron chi connectivity index (χ3n) is 7.25. The van der Waals surface area contributed by atoms with Crippen molar-refractivity contribution in [3.63, 3.8) is 0 Å². The predicted octanol–water partition coefficient (Wildman–Crippen LogP) is 6.77. The summed E-state index contributed by atoms with van der Waals surface area (Å²) in [5, 5.41) is 10.6. The zero-order valence-electron chi connectivity index (χ0n) is 23.8. The SMILES string of the molecule is O=C(NNCCc1ccc(Cl)cc1)[C@@]1(Cc2ccccc2)N=C(c2ccc(OCCCO)cc2)O[C@H]1c1ccc(Cl)cc1Cl. The van der Waals surface area contributed by atoms with Crippen molar-refractivity contribution >= 4 is 46.6 Å². The van der Waals surface area contributed by atoms with Gasteiger partial charge < -0.3 is 14.6 Å². The van der Waals surface area contributed by atoms with Crippen molar-refractivity contribution in [2.24, 2.45) is 4.99 Å². The second-order valence-corrected chi connectivity index (χ2v) is 11.7. The smallest absolute Gasteiger partial charge is 0.266 e. The van der Waals surface area contributed by atoms with Gasteiger partial charge in [-0.1, -0.05) is 83.3 Å². The summed E-state index contributed by atoms with van der Waals surface area (Å²) in [4.78, 5) is 19.3. The second-order valence-electron chi connectivity index (χ2n) is 10.4. The molecule has 5 rings (SSSR count). The molecule has 4 aromatic carbocycles. The van der Waals surface area contributed by atoms with Crippen molar-refractivity contribution in [1.29, 1.82) is 0 Å². The molecule has 0 bridgehead atoms. The fraction of sp³-hybridized carbons (Fsp3) is 0.235. The molecule has 10 heteroatoms. The molecular weight excluding hydrogens is 621 g/mol. The van der Waals surface area contributed by atoms with Crippen LogP contribution in [0, 0.1) is 0 Å². The van der Waals surface area contributed by atoms with Crippen LogP contribution in [0.15, 0.2) is 102 Å². The lowest BCUT2D eigenvalue weighted by molar-refractivity contribution is -0.130. The average Bonchev–Trinajstić information content (AvgIpc) is 3.41. The maximum Gasteiger partial charge on any atom is 0.266 e. The molecule has 0 fully saturated rings. The largest absolute Gasteiger partial charge is 0.494 e. The fourth-order valence-electron chi connectivity index (χ4n) is 4.99. The van der Waals surface area contributed by atoms with Crippen LogP contribution in [-0.4, -0.2) is 42.2 Å². The van der Waals surface area contributed by atoms with Crippen molar-refractivity contribution < 1.29 is 19.4 Å². The highest BCUT2D eigenvalue weighted by atomic mass is 35.5. The van der Waals surface area contributed by atoms with E-state index in [0.717, 1.165) is 11.1 Å². The van der Waals surface area contributed by atoms with E-state index in [-0.39, 0.29) is 18.9 Å². The zero-order valence-corrected chi connectivity index (χ0v) is 26.1. The van der Waals surface area contributed by atoms with Gasteiger partial charge in [-0.05, 0) is 66.1 Å². The van der Waals surface area contributed by atoms with Crippen LogP contribution in [0.4, 0.5) is 0 Å². The molecule has 1 aliphatic rings. The summed E-state index contributed by atoms with van der Waals surface area (Å²) in [6.45, 7) is 0.936. The Morgan fingerprint density at radius 1 is 0.909 bits per heavy atom. The number of hydrogen-bond acceptors (Lipinski definition) is 6. The summed E-state index contributed by atoms with van der Waals surface area (Å²) in [6.07, 6.45) is 0.592. The Bertz CT molecular complexity index is 1580. The highest BCUT2D eigenvalue weighted by Crippen LogP contribution is 2.45. The minimum absolute atomic E-state index is 0.0545. The number of rotatable bonds is 13. The van der Waals surface area contributed by atoms with Crippen LogP contribution in [0.5, 0.6) is 5.75 Å². The van der Waals surface area contributed by atoms with Gasteiger partial charge in [0.15, 0.2) is 11.6 Å². The van der Waals surface area contributed by atoms with Crippen molar-refractivity contribution in [2.75, 3.05) is 19.8 Å². The van der Waals surface area contributed by atoms with Gasteiger partial charge in [0, 0.05) is 52.2 Å². The normalized spacial score (nSPS) is 17.5. The van der Waals surface area contributed by atoms with Gasteiger partial charge in [0.25, 0.3) is 5.91 Å². The lowest BCUT2D eigenvalue weighted by Gasteiger charge is -2.31. The van der Waals surface area contributed by atoms with Crippen molar-refractivity contribution in [3.8, 4) is 5.75 Å². The zero-order chi connectivity index (χ0) is 30.9. The maximum absolute atomic E-state index is 14.3. The number of nitrogens with zero attached hydrogens (tertiary/aromatic N) is 1. The lowest BCUT2D eigenvalue weighted by atomic mass is 9.82. The Balaban J connectivity index is 1.48. The minimum atomic E-state index is -1.42. The molecule has 1 heterocycles. The molecule has 3 N–H and O–H groups in total. The number of nitrogens with one attached hydrogen (secondary N) is 2. The van der Waals surface area contributed by atoms with Gasteiger partial charge in [0.05, 0.1) is 6.61 Å². The highest BCUT2D eigenvalue weighted by molar-refractivity contribution is 6.35. The Labute approximate surface area is 271 Å². The van der Waals surface area contributed by atoms with E-state index in [0.29, 0.717) is 63.8 Å². The topological polar surface area (TPSA) is 92.2 Å². The van der Waals surface area contributed by atoms with Crippen LogP contribution in [-0.2, 0) is 22.4 Å². The van der Waals surface area contributed by atoms with Crippen LogP contribution in [0.2, 0.25) is 15.1 Å². The van der Waals surface area contributed by atoms with Gasteiger partial charge in [0.1, 0.15) is 5.75 Å². The maximum atomic E-state index is 14.3. The molecule has 1 amide bonds. The second kappa shape index (κ2) is 14.9. The number of benzene rings is 4. The first-order valence-corrected chi connectivity index (χ1v) is 15.4. The van der Waals surface area contributed by atoms with Crippen molar-refractivity contribution in [1.82, 2.24) is 10.9 Å². The Hall–Kier alpha value is -3.59. The third kappa shape index (κ3) is 7.73. The van der Waals surface area contributed by atoms with E-state index in [2.05, 4.69) is 10.9 Å². The molecule has 228 valence electrons. The summed E-state index contributed by atoms with van der Waals surface area (Å²) in [5.41, 5.74) is 7.79. The van der Waals surface area contributed by atoms with E-state index in [9.17, 15) is 4.79 Å². The number of carbonyl (C=O) groups is 1. The number of amides is 1. The molecule has 2 atom stereocenters. The van der Waals surface area contributed by atoms with E-state index in [4.69, 9.17) is 54.4 Å². The summed E-state index contributed by atoms with van der Waals surface area (Å²) >= 11 is 19.0. The van der Waals surface area contributed by atoms with Crippen molar-refractivity contribution in [3.05, 3.63) is 134 Å². The quantitative estimate of drug-likeness (QED) is 0.110. The number of aliphatic hydroxyl groups is 1. The molecule has 0 saturated carbocycles. The number of carbonyl (C=O) groups excluding carboxylic acids is 1. The summed E-state index contributed by atoms with van der Waals surface area (Å²) in [5.74, 6) is 0.582.